The number of carbonyl (C=O) groups is 2. The smallest absolute Gasteiger partial charge is 0.326 e. The van der Waals surface area contributed by atoms with Crippen molar-refractivity contribution >= 4 is 22.0 Å². The Hall–Kier alpha value is -1.35. The topological polar surface area (TPSA) is 116 Å². The van der Waals surface area contributed by atoms with Crippen LogP contribution in [0.25, 0.3) is 0 Å². The largest absolute Gasteiger partial charge is 0.480 e. The summed E-state index contributed by atoms with van der Waals surface area (Å²) in [6.45, 7) is 4.95. The van der Waals surface area contributed by atoms with Crippen molar-refractivity contribution in [3.8, 4) is 0 Å². The lowest BCUT2D eigenvalue weighted by Crippen LogP contribution is -2.52. The first-order valence-corrected chi connectivity index (χ1v) is 7.66. The van der Waals surface area contributed by atoms with Crippen LogP contribution in [-0.4, -0.2) is 62.3 Å². The Morgan fingerprint density at radius 2 is 1.75 bits per heavy atom. The third-order valence-electron chi connectivity index (χ3n) is 2.59. The molecular formula is C11H23N3O5S. The summed E-state index contributed by atoms with van der Waals surface area (Å²) in [5.74, 6) is -1.39. The van der Waals surface area contributed by atoms with E-state index in [-0.39, 0.29) is 12.3 Å². The predicted octanol–water partition coefficient (Wildman–Crippen LogP) is -0.324. The molecule has 0 spiro atoms. The van der Waals surface area contributed by atoms with E-state index in [0.29, 0.717) is 0 Å². The molecule has 0 fully saturated rings. The third-order valence-corrected chi connectivity index (χ3v) is 4.42. The molecule has 0 bridgehead atoms. The van der Waals surface area contributed by atoms with E-state index in [1.807, 2.05) is 0 Å². The van der Waals surface area contributed by atoms with Gasteiger partial charge in [-0.1, -0.05) is 20.8 Å². The molecule has 0 aromatic heterocycles. The van der Waals surface area contributed by atoms with E-state index < -0.39 is 33.5 Å². The Labute approximate surface area is 119 Å². The lowest BCUT2D eigenvalue weighted by atomic mass is 9.87. The molecule has 0 saturated carbocycles. The molecule has 0 saturated heterocycles. The normalized spacial score (nSPS) is 13.9. The molecule has 0 aliphatic heterocycles. The summed E-state index contributed by atoms with van der Waals surface area (Å²) in [4.78, 5) is 22.6. The predicted molar refractivity (Wildman–Crippen MR) is 74.9 cm³/mol. The molecular weight excluding hydrogens is 286 g/mol. The fourth-order valence-corrected chi connectivity index (χ4v) is 2.03. The SMILES string of the molecule is CN(C)S(=O)(=O)CCNC(=O)NC(C(=O)O)C(C)(C)C. The van der Waals surface area contributed by atoms with Crippen LogP contribution >= 0.6 is 0 Å². The third kappa shape index (κ3) is 6.20. The molecule has 118 valence electrons. The second-order valence-electron chi connectivity index (χ2n) is 5.64. The molecule has 2 amide bonds. The van der Waals surface area contributed by atoms with Crippen LogP contribution in [0.15, 0.2) is 0 Å². The first kappa shape index (κ1) is 18.7. The summed E-state index contributed by atoms with van der Waals surface area (Å²) in [6.07, 6.45) is 0. The molecule has 3 N–H and O–H groups in total. The van der Waals surface area contributed by atoms with Crippen molar-refractivity contribution in [1.82, 2.24) is 14.9 Å². The van der Waals surface area contributed by atoms with Crippen molar-refractivity contribution in [3.63, 3.8) is 0 Å². The number of aliphatic carboxylic acids is 1. The highest BCUT2D eigenvalue weighted by Gasteiger charge is 2.32. The zero-order valence-corrected chi connectivity index (χ0v) is 13.2. The molecule has 0 aromatic carbocycles. The zero-order valence-electron chi connectivity index (χ0n) is 12.4. The minimum Gasteiger partial charge on any atom is -0.480 e. The summed E-state index contributed by atoms with van der Waals surface area (Å²) in [7, 11) is -0.596. The summed E-state index contributed by atoms with van der Waals surface area (Å²) in [6, 6.07) is -1.77. The molecule has 8 nitrogen and oxygen atoms in total. The lowest BCUT2D eigenvalue weighted by Gasteiger charge is -2.27. The quantitative estimate of drug-likeness (QED) is 0.621. The minimum atomic E-state index is -3.39. The number of nitrogens with zero attached hydrogens (tertiary/aromatic N) is 1. The van der Waals surface area contributed by atoms with Gasteiger partial charge in [-0.2, -0.15) is 0 Å². The van der Waals surface area contributed by atoms with E-state index in [4.69, 9.17) is 5.11 Å². The van der Waals surface area contributed by atoms with Gasteiger partial charge in [-0.3, -0.25) is 0 Å². The Morgan fingerprint density at radius 3 is 2.10 bits per heavy atom. The van der Waals surface area contributed by atoms with Crippen LogP contribution in [0, 0.1) is 5.41 Å². The molecule has 20 heavy (non-hydrogen) atoms. The van der Waals surface area contributed by atoms with Gasteiger partial charge in [0.15, 0.2) is 0 Å². The Balaban J connectivity index is 4.41. The number of urea groups is 1. The maximum atomic E-state index is 11.6. The number of hydrogen-bond donors (Lipinski definition) is 3. The molecule has 0 radical (unpaired) electrons. The highest BCUT2D eigenvalue weighted by molar-refractivity contribution is 7.89. The molecule has 1 atom stereocenters. The number of nitrogens with one attached hydrogen (secondary N) is 2. The lowest BCUT2D eigenvalue weighted by molar-refractivity contribution is -0.141. The number of sulfonamides is 1. The van der Waals surface area contributed by atoms with Gasteiger partial charge >= 0.3 is 12.0 Å². The van der Waals surface area contributed by atoms with Gasteiger partial charge in [0.1, 0.15) is 6.04 Å². The molecule has 0 aliphatic rings. The molecule has 1 unspecified atom stereocenters. The van der Waals surface area contributed by atoms with E-state index in [1.54, 1.807) is 20.8 Å². The van der Waals surface area contributed by atoms with Gasteiger partial charge < -0.3 is 15.7 Å². The van der Waals surface area contributed by atoms with Gasteiger partial charge in [0, 0.05) is 20.6 Å². The summed E-state index contributed by atoms with van der Waals surface area (Å²) in [5, 5.41) is 13.7. The van der Waals surface area contributed by atoms with Gasteiger partial charge in [-0.25, -0.2) is 22.3 Å². The number of hydrogen-bond acceptors (Lipinski definition) is 4. The van der Waals surface area contributed by atoms with E-state index in [0.717, 1.165) is 4.31 Å². The van der Waals surface area contributed by atoms with Crippen LogP contribution < -0.4 is 10.6 Å². The summed E-state index contributed by atoms with van der Waals surface area (Å²) >= 11 is 0. The molecule has 0 heterocycles. The van der Waals surface area contributed by atoms with Crippen molar-refractivity contribution in [3.05, 3.63) is 0 Å². The molecule has 0 aliphatic carbocycles. The number of rotatable bonds is 6. The molecule has 0 rings (SSSR count). The number of carboxylic acids is 1. The van der Waals surface area contributed by atoms with E-state index >= 15 is 0 Å². The summed E-state index contributed by atoms with van der Waals surface area (Å²) in [5.41, 5.74) is -0.654. The van der Waals surface area contributed by atoms with Crippen molar-refractivity contribution in [2.24, 2.45) is 5.41 Å². The van der Waals surface area contributed by atoms with Gasteiger partial charge in [-0.05, 0) is 5.41 Å². The standard InChI is InChI=1S/C11H23N3O5S/c1-11(2,3)8(9(15)16)13-10(17)12-6-7-20(18,19)14(4)5/h8H,6-7H2,1-5H3,(H,15,16)(H2,12,13,17). The second-order valence-corrected chi connectivity index (χ2v) is 7.94. The van der Waals surface area contributed by atoms with Crippen LogP contribution in [0.5, 0.6) is 0 Å². The number of amides is 2. The number of carbonyl (C=O) groups excluding carboxylic acids is 1. The van der Waals surface area contributed by atoms with Gasteiger partial charge in [-0.15, -0.1) is 0 Å². The maximum absolute atomic E-state index is 11.6. The van der Waals surface area contributed by atoms with Gasteiger partial charge in [0.25, 0.3) is 0 Å². The Kier molecular flexibility index (Phi) is 6.42. The minimum absolute atomic E-state index is 0.0944. The highest BCUT2D eigenvalue weighted by Crippen LogP contribution is 2.19. The highest BCUT2D eigenvalue weighted by atomic mass is 32.2. The second kappa shape index (κ2) is 6.89. The van der Waals surface area contributed by atoms with Crippen LogP contribution in [-0.2, 0) is 14.8 Å². The average Bonchev–Trinajstić information content (AvgIpc) is 2.23. The monoisotopic (exact) mass is 309 g/mol. The van der Waals surface area contributed by atoms with Crippen molar-refractivity contribution in [1.29, 1.82) is 0 Å². The van der Waals surface area contributed by atoms with Gasteiger partial charge in [0.2, 0.25) is 10.0 Å². The van der Waals surface area contributed by atoms with E-state index in [2.05, 4.69) is 10.6 Å². The van der Waals surface area contributed by atoms with Crippen LogP contribution in [0.2, 0.25) is 0 Å². The fraction of sp³-hybridized carbons (Fsp3) is 0.818. The van der Waals surface area contributed by atoms with Crippen LogP contribution in [0.4, 0.5) is 4.79 Å². The molecule has 0 aromatic rings. The van der Waals surface area contributed by atoms with Crippen LogP contribution in [0.1, 0.15) is 20.8 Å². The maximum Gasteiger partial charge on any atom is 0.326 e. The van der Waals surface area contributed by atoms with Crippen molar-refractivity contribution in [2.75, 3.05) is 26.4 Å². The summed E-state index contributed by atoms with van der Waals surface area (Å²) < 4.78 is 24.0. The van der Waals surface area contributed by atoms with E-state index in [1.165, 1.54) is 14.1 Å². The van der Waals surface area contributed by atoms with E-state index in [9.17, 15) is 18.0 Å². The van der Waals surface area contributed by atoms with Gasteiger partial charge in [0.05, 0.1) is 5.75 Å². The van der Waals surface area contributed by atoms with Crippen molar-refractivity contribution in [2.45, 2.75) is 26.8 Å². The first-order chi connectivity index (χ1) is 8.88. The van der Waals surface area contributed by atoms with Crippen LogP contribution in [0.3, 0.4) is 0 Å². The van der Waals surface area contributed by atoms with Crippen molar-refractivity contribution < 1.29 is 23.1 Å². The Morgan fingerprint density at radius 1 is 1.25 bits per heavy atom. The molecule has 9 heteroatoms. The first-order valence-electron chi connectivity index (χ1n) is 6.05. The fourth-order valence-electron chi connectivity index (χ4n) is 1.31. The zero-order chi connectivity index (χ0) is 16.1. The Bertz CT molecular complexity index is 453. The average molecular weight is 309 g/mol. The number of carboxylic acid groups (broad SMARTS) is 1.